The molecule has 0 N–H and O–H groups in total. The molecule has 0 fully saturated rings. The number of hydrogen-bond acceptors (Lipinski definition) is 4. The van der Waals surface area contributed by atoms with Crippen molar-refractivity contribution < 1.29 is 8.42 Å². The van der Waals surface area contributed by atoms with Gasteiger partial charge in [0.2, 0.25) is 0 Å². The quantitative estimate of drug-likeness (QED) is 0.851. The molecule has 1 aliphatic heterocycles. The van der Waals surface area contributed by atoms with Crippen LogP contribution in [0.2, 0.25) is 0 Å². The first-order valence-electron chi connectivity index (χ1n) is 6.53. The van der Waals surface area contributed by atoms with Crippen LogP contribution >= 0.6 is 0 Å². The molecular weight excluding hydrogens is 286 g/mol. The molecule has 0 bridgehead atoms. The second-order valence-corrected chi connectivity index (χ2v) is 6.73. The lowest BCUT2D eigenvalue weighted by Gasteiger charge is -2.24. The Bertz CT molecular complexity index is 840. The zero-order chi connectivity index (χ0) is 15.0. The van der Waals surface area contributed by atoms with Gasteiger partial charge in [0.25, 0.3) is 10.0 Å². The van der Waals surface area contributed by atoms with Crippen molar-refractivity contribution in [2.24, 2.45) is 0 Å². The van der Waals surface area contributed by atoms with Crippen LogP contribution in [0.5, 0.6) is 0 Å². The Kier molecular flexibility index (Phi) is 3.15. The third-order valence-electron chi connectivity index (χ3n) is 3.56. The molecule has 3 rings (SSSR count). The van der Waals surface area contributed by atoms with Gasteiger partial charge in [-0.1, -0.05) is 18.2 Å². The summed E-state index contributed by atoms with van der Waals surface area (Å²) >= 11 is 0. The van der Waals surface area contributed by atoms with Gasteiger partial charge < -0.3 is 0 Å². The topological polar surface area (TPSA) is 74.1 Å². The normalized spacial score (nSPS) is 17.3. The lowest BCUT2D eigenvalue weighted by atomic mass is 10.1. The number of pyridine rings is 1. The van der Waals surface area contributed by atoms with Crippen molar-refractivity contribution in [3.63, 3.8) is 0 Å². The lowest BCUT2D eigenvalue weighted by molar-refractivity contribution is 0.583. The van der Waals surface area contributed by atoms with Gasteiger partial charge in [0.1, 0.15) is 11.0 Å². The molecule has 2 aromatic rings. The highest BCUT2D eigenvalue weighted by Gasteiger charge is 2.37. The molecule has 1 unspecified atom stereocenters. The van der Waals surface area contributed by atoms with Crippen molar-refractivity contribution in [3.8, 4) is 6.07 Å². The second kappa shape index (κ2) is 4.86. The van der Waals surface area contributed by atoms with Crippen LogP contribution in [0, 0.1) is 11.3 Å². The van der Waals surface area contributed by atoms with Crippen LogP contribution in [0.3, 0.4) is 0 Å². The second-order valence-electron chi connectivity index (χ2n) is 4.94. The molecule has 1 aromatic heterocycles. The van der Waals surface area contributed by atoms with E-state index in [1.54, 1.807) is 6.07 Å². The number of rotatable bonds is 2. The molecule has 5 nitrogen and oxygen atoms in total. The minimum Gasteiger partial charge on any atom is -0.263 e. The van der Waals surface area contributed by atoms with Crippen LogP contribution in [0.4, 0.5) is 5.69 Å². The summed E-state index contributed by atoms with van der Waals surface area (Å²) in [4.78, 5) is 3.80. The van der Waals surface area contributed by atoms with Crippen LogP contribution in [0.1, 0.15) is 18.2 Å². The van der Waals surface area contributed by atoms with Gasteiger partial charge >= 0.3 is 0 Å². The molecule has 0 saturated carbocycles. The summed E-state index contributed by atoms with van der Waals surface area (Å²) in [7, 11) is -3.80. The minimum atomic E-state index is -3.80. The first-order chi connectivity index (χ1) is 10.1. The molecule has 1 atom stereocenters. The van der Waals surface area contributed by atoms with Gasteiger partial charge in [-0.25, -0.2) is 13.4 Å². The zero-order valence-corrected chi connectivity index (χ0v) is 12.2. The Morgan fingerprint density at radius 1 is 1.29 bits per heavy atom. The van der Waals surface area contributed by atoms with Crippen molar-refractivity contribution in [1.82, 2.24) is 4.98 Å². The minimum absolute atomic E-state index is 0.0453. The largest absolute Gasteiger partial charge is 0.267 e. The molecule has 2 heterocycles. The number of anilines is 1. The number of nitrogens with zero attached hydrogens (tertiary/aromatic N) is 3. The summed E-state index contributed by atoms with van der Waals surface area (Å²) in [6.45, 7) is 1.86. The maximum Gasteiger partial charge on any atom is 0.267 e. The average molecular weight is 299 g/mol. The SMILES string of the molecule is CC1Cc2ccccc2N1S(=O)(=O)c1cccnc1C#N. The van der Waals surface area contributed by atoms with Gasteiger partial charge in [-0.3, -0.25) is 4.31 Å². The van der Waals surface area contributed by atoms with E-state index in [2.05, 4.69) is 4.98 Å². The highest BCUT2D eigenvalue weighted by atomic mass is 32.2. The summed E-state index contributed by atoms with van der Waals surface area (Å²) < 4.78 is 27.2. The molecule has 1 aromatic carbocycles. The van der Waals surface area contributed by atoms with E-state index >= 15 is 0 Å². The molecular formula is C15H13N3O2S. The first-order valence-corrected chi connectivity index (χ1v) is 7.97. The fourth-order valence-corrected chi connectivity index (χ4v) is 4.48. The number of sulfonamides is 1. The van der Waals surface area contributed by atoms with Crippen LogP contribution in [0.25, 0.3) is 0 Å². The number of nitriles is 1. The van der Waals surface area contributed by atoms with E-state index in [0.717, 1.165) is 5.56 Å². The van der Waals surface area contributed by atoms with E-state index in [9.17, 15) is 8.42 Å². The number of aromatic nitrogens is 1. The van der Waals surface area contributed by atoms with Gasteiger partial charge in [0, 0.05) is 12.2 Å². The Labute approximate surface area is 123 Å². The maximum absolute atomic E-state index is 12.9. The molecule has 1 aliphatic rings. The van der Waals surface area contributed by atoms with Crippen LogP contribution in [0.15, 0.2) is 47.5 Å². The third kappa shape index (κ3) is 2.06. The van der Waals surface area contributed by atoms with Crippen LogP contribution < -0.4 is 4.31 Å². The molecule has 0 radical (unpaired) electrons. The molecule has 106 valence electrons. The van der Waals surface area contributed by atoms with Gasteiger partial charge in [0.05, 0.1) is 5.69 Å². The van der Waals surface area contributed by atoms with E-state index in [4.69, 9.17) is 5.26 Å². The van der Waals surface area contributed by atoms with E-state index in [1.807, 2.05) is 31.2 Å². The third-order valence-corrected chi connectivity index (χ3v) is 5.52. The highest BCUT2D eigenvalue weighted by Crippen LogP contribution is 2.36. The van der Waals surface area contributed by atoms with E-state index < -0.39 is 10.0 Å². The predicted octanol–water partition coefficient (Wildman–Crippen LogP) is 2.09. The van der Waals surface area contributed by atoms with E-state index in [0.29, 0.717) is 12.1 Å². The maximum atomic E-state index is 12.9. The summed E-state index contributed by atoms with van der Waals surface area (Å²) in [5, 5.41) is 9.09. The summed E-state index contributed by atoms with van der Waals surface area (Å²) in [6, 6.07) is 12.0. The van der Waals surface area contributed by atoms with Crippen LogP contribution in [-0.2, 0) is 16.4 Å². The molecule has 0 spiro atoms. The zero-order valence-electron chi connectivity index (χ0n) is 11.4. The number of fused-ring (bicyclic) bond motifs is 1. The Morgan fingerprint density at radius 3 is 2.81 bits per heavy atom. The Hall–Kier alpha value is -2.39. The Morgan fingerprint density at radius 2 is 2.05 bits per heavy atom. The van der Waals surface area contributed by atoms with Crippen molar-refractivity contribution in [2.45, 2.75) is 24.3 Å². The monoisotopic (exact) mass is 299 g/mol. The van der Waals surface area contributed by atoms with Gasteiger partial charge in [-0.2, -0.15) is 5.26 Å². The Balaban J connectivity index is 2.18. The van der Waals surface area contributed by atoms with Crippen LogP contribution in [-0.4, -0.2) is 19.4 Å². The number of para-hydroxylation sites is 1. The smallest absolute Gasteiger partial charge is 0.263 e. The average Bonchev–Trinajstić information content (AvgIpc) is 2.83. The van der Waals surface area contributed by atoms with E-state index in [1.165, 1.54) is 22.6 Å². The van der Waals surface area contributed by atoms with Crippen molar-refractivity contribution in [3.05, 3.63) is 53.9 Å². The fraction of sp³-hybridized carbons (Fsp3) is 0.200. The van der Waals surface area contributed by atoms with Gasteiger partial charge in [-0.15, -0.1) is 0 Å². The first kappa shape index (κ1) is 13.6. The summed E-state index contributed by atoms with van der Waals surface area (Å²) in [5.74, 6) is 0. The number of hydrogen-bond donors (Lipinski definition) is 0. The molecule has 6 heteroatoms. The van der Waals surface area contributed by atoms with E-state index in [-0.39, 0.29) is 16.6 Å². The van der Waals surface area contributed by atoms with Gasteiger partial charge in [0.15, 0.2) is 5.69 Å². The van der Waals surface area contributed by atoms with Gasteiger partial charge in [-0.05, 0) is 37.1 Å². The number of benzene rings is 1. The summed E-state index contributed by atoms with van der Waals surface area (Å²) in [6.07, 6.45) is 2.08. The fourth-order valence-electron chi connectivity index (χ4n) is 2.69. The van der Waals surface area contributed by atoms with Crippen molar-refractivity contribution in [2.75, 3.05) is 4.31 Å². The lowest BCUT2D eigenvalue weighted by Crippen LogP contribution is -2.36. The molecule has 21 heavy (non-hydrogen) atoms. The van der Waals surface area contributed by atoms with Crippen molar-refractivity contribution >= 4 is 15.7 Å². The predicted molar refractivity (Wildman–Crippen MR) is 78.2 cm³/mol. The molecule has 0 aliphatic carbocycles. The highest BCUT2D eigenvalue weighted by molar-refractivity contribution is 7.93. The van der Waals surface area contributed by atoms with Crippen molar-refractivity contribution in [1.29, 1.82) is 5.26 Å². The molecule has 0 amide bonds. The molecule has 0 saturated heterocycles. The standard InChI is InChI=1S/C15H13N3O2S/c1-11-9-12-5-2-3-6-14(12)18(11)21(19,20)15-7-4-8-17-13(15)10-16/h2-8,11H,9H2,1H3. The summed E-state index contributed by atoms with van der Waals surface area (Å²) in [5.41, 5.74) is 1.60.